The second-order valence-corrected chi connectivity index (χ2v) is 8.75. The number of rotatable bonds is 4. The van der Waals surface area contributed by atoms with Crippen molar-refractivity contribution in [1.82, 2.24) is 10.6 Å². The predicted octanol–water partition coefficient (Wildman–Crippen LogP) is 0.781. The third kappa shape index (κ3) is 2.32. The van der Waals surface area contributed by atoms with Crippen molar-refractivity contribution in [3.05, 3.63) is 71.8 Å². The van der Waals surface area contributed by atoms with Crippen LogP contribution in [0.1, 0.15) is 11.1 Å². The molecule has 0 aromatic heterocycles. The van der Waals surface area contributed by atoms with Gasteiger partial charge in [-0.1, -0.05) is 60.7 Å². The molecular weight excluding hydrogens is 384 g/mol. The van der Waals surface area contributed by atoms with Crippen LogP contribution in [-0.4, -0.2) is 32.0 Å². The quantitative estimate of drug-likeness (QED) is 0.556. The topological polar surface area (TPSA) is 150 Å². The molecule has 2 amide bonds. The zero-order chi connectivity index (χ0) is 19.2. The van der Waals surface area contributed by atoms with Crippen molar-refractivity contribution in [3.8, 4) is 0 Å². The Bertz CT molecular complexity index is 970. The molecule has 26 heavy (non-hydrogen) atoms. The molecule has 0 radical (unpaired) electrons. The van der Waals surface area contributed by atoms with Crippen LogP contribution in [0, 0.1) is 0 Å². The van der Waals surface area contributed by atoms with Crippen LogP contribution in [0.3, 0.4) is 0 Å². The molecule has 11 heteroatoms. The molecule has 2 aromatic carbocycles. The SMILES string of the molecule is O=C1NC(c2ccccc2)(S(=O)(=O)O)C(c2ccccc2)(S(=O)(=O)O)N1. The minimum atomic E-state index is -5.32. The summed E-state index contributed by atoms with van der Waals surface area (Å²) in [7, 11) is -10.6. The van der Waals surface area contributed by atoms with Gasteiger partial charge in [0.15, 0.2) is 0 Å². The lowest BCUT2D eigenvalue weighted by molar-refractivity contribution is 0.245. The van der Waals surface area contributed by atoms with E-state index in [1.54, 1.807) is 0 Å². The number of nitrogens with one attached hydrogen (secondary N) is 2. The van der Waals surface area contributed by atoms with Gasteiger partial charge in [-0.3, -0.25) is 9.11 Å². The van der Waals surface area contributed by atoms with Gasteiger partial charge in [-0.25, -0.2) is 4.79 Å². The maximum atomic E-state index is 12.5. The van der Waals surface area contributed by atoms with Crippen LogP contribution in [0.15, 0.2) is 60.7 Å². The normalized spacial score (nSPS) is 26.2. The first kappa shape index (κ1) is 18.3. The fourth-order valence-corrected chi connectivity index (χ4v) is 6.22. The summed E-state index contributed by atoms with van der Waals surface area (Å²) in [6, 6.07) is 12.3. The van der Waals surface area contributed by atoms with Crippen molar-refractivity contribution in [2.24, 2.45) is 0 Å². The second kappa shape index (κ2) is 5.77. The molecule has 3 rings (SSSR count). The van der Waals surface area contributed by atoms with Crippen LogP contribution in [0.25, 0.3) is 0 Å². The maximum Gasteiger partial charge on any atom is 0.318 e. The van der Waals surface area contributed by atoms with Crippen molar-refractivity contribution < 1.29 is 30.7 Å². The summed E-state index contributed by atoms with van der Waals surface area (Å²) < 4.78 is 69.9. The van der Waals surface area contributed by atoms with Crippen molar-refractivity contribution in [1.29, 1.82) is 0 Å². The third-order valence-corrected chi connectivity index (χ3v) is 7.17. The highest BCUT2D eigenvalue weighted by Gasteiger charge is 2.74. The van der Waals surface area contributed by atoms with E-state index in [1.807, 2.05) is 10.6 Å². The number of amides is 2. The molecule has 4 N–H and O–H groups in total. The van der Waals surface area contributed by atoms with Gasteiger partial charge in [-0.05, 0) is 11.1 Å². The number of carbonyl (C=O) groups excluding carboxylic acids is 1. The Morgan fingerprint density at radius 2 is 0.962 bits per heavy atom. The van der Waals surface area contributed by atoms with E-state index in [9.17, 15) is 30.7 Å². The average Bonchev–Trinajstić information content (AvgIpc) is 2.92. The monoisotopic (exact) mass is 398 g/mol. The number of urea groups is 1. The minimum Gasteiger partial charge on any atom is -0.310 e. The Labute approximate surface area is 149 Å². The Morgan fingerprint density at radius 3 is 1.23 bits per heavy atom. The molecule has 2 aromatic rings. The molecule has 2 unspecified atom stereocenters. The van der Waals surface area contributed by atoms with Crippen LogP contribution in [0.4, 0.5) is 4.79 Å². The largest absolute Gasteiger partial charge is 0.318 e. The Kier molecular flexibility index (Phi) is 4.07. The van der Waals surface area contributed by atoms with E-state index in [0.29, 0.717) is 0 Å². The van der Waals surface area contributed by atoms with E-state index in [1.165, 1.54) is 60.7 Å². The number of hydrogen-bond acceptors (Lipinski definition) is 5. The predicted molar refractivity (Wildman–Crippen MR) is 91.0 cm³/mol. The number of hydrogen-bond donors (Lipinski definition) is 4. The molecule has 1 saturated heterocycles. The summed E-state index contributed by atoms with van der Waals surface area (Å²) in [5.41, 5.74) is -0.523. The fraction of sp³-hybridized carbons (Fsp3) is 0.133. The summed E-state index contributed by atoms with van der Waals surface area (Å²) in [6.45, 7) is 0. The molecule has 0 spiro atoms. The van der Waals surface area contributed by atoms with Gasteiger partial charge in [0, 0.05) is 0 Å². The van der Waals surface area contributed by atoms with E-state index in [-0.39, 0.29) is 11.1 Å². The van der Waals surface area contributed by atoms with Crippen LogP contribution >= 0.6 is 0 Å². The molecule has 138 valence electrons. The average molecular weight is 398 g/mol. The van der Waals surface area contributed by atoms with Crippen LogP contribution < -0.4 is 10.6 Å². The molecular formula is C15H14N2O7S2. The summed E-state index contributed by atoms with van der Waals surface area (Å²) in [6.07, 6.45) is 0. The molecule has 1 heterocycles. The van der Waals surface area contributed by atoms with Gasteiger partial charge >= 0.3 is 6.03 Å². The molecule has 0 saturated carbocycles. The molecule has 0 bridgehead atoms. The first-order chi connectivity index (χ1) is 12.1. The van der Waals surface area contributed by atoms with E-state index < -0.39 is 36.0 Å². The van der Waals surface area contributed by atoms with Crippen LogP contribution in [-0.2, 0) is 30.0 Å². The summed E-state index contributed by atoms with van der Waals surface area (Å²) >= 11 is 0. The highest BCUT2D eigenvalue weighted by molar-refractivity contribution is 7.91. The highest BCUT2D eigenvalue weighted by Crippen LogP contribution is 2.50. The van der Waals surface area contributed by atoms with Gasteiger partial charge < -0.3 is 10.6 Å². The Balaban J connectivity index is 2.55. The molecule has 2 atom stereocenters. The van der Waals surface area contributed by atoms with Gasteiger partial charge in [0.05, 0.1) is 0 Å². The Morgan fingerprint density at radius 1 is 0.654 bits per heavy atom. The zero-order valence-electron chi connectivity index (χ0n) is 13.0. The zero-order valence-corrected chi connectivity index (χ0v) is 14.7. The third-order valence-electron chi connectivity index (χ3n) is 4.21. The minimum absolute atomic E-state index is 0.262. The number of carbonyl (C=O) groups is 1. The van der Waals surface area contributed by atoms with Crippen LogP contribution in [0.2, 0.25) is 0 Å². The lowest BCUT2D eigenvalue weighted by Crippen LogP contribution is -2.63. The smallest absolute Gasteiger partial charge is 0.310 e. The standard InChI is InChI=1S/C15H14N2O7S2/c18-13-16-14(25(19,20)21,11-7-3-1-4-8-11)15(17-13,26(22,23)24)12-9-5-2-6-10-12/h1-10H,(H2,16,17,18)(H,19,20,21)(H,22,23,24). The summed E-state index contributed by atoms with van der Waals surface area (Å²) in [4.78, 5) is 6.29. The molecule has 1 fully saturated rings. The van der Waals surface area contributed by atoms with Crippen molar-refractivity contribution in [3.63, 3.8) is 0 Å². The fourth-order valence-electron chi connectivity index (χ4n) is 3.21. The first-order valence-electron chi connectivity index (χ1n) is 7.22. The maximum absolute atomic E-state index is 12.5. The van der Waals surface area contributed by atoms with E-state index in [0.717, 1.165) is 0 Å². The molecule has 1 aliphatic rings. The van der Waals surface area contributed by atoms with E-state index in [2.05, 4.69) is 0 Å². The van der Waals surface area contributed by atoms with Gasteiger partial charge in [-0.15, -0.1) is 0 Å². The van der Waals surface area contributed by atoms with Gasteiger partial charge in [0.2, 0.25) is 9.74 Å². The number of benzene rings is 2. The van der Waals surface area contributed by atoms with E-state index in [4.69, 9.17) is 0 Å². The first-order valence-corrected chi connectivity index (χ1v) is 10.1. The van der Waals surface area contributed by atoms with Gasteiger partial charge in [0.1, 0.15) is 0 Å². The molecule has 1 aliphatic heterocycles. The van der Waals surface area contributed by atoms with Crippen molar-refractivity contribution in [2.75, 3.05) is 0 Å². The summed E-state index contributed by atoms with van der Waals surface area (Å²) in [5.74, 6) is 0. The molecule has 9 nitrogen and oxygen atoms in total. The Hall–Kier alpha value is -2.47. The van der Waals surface area contributed by atoms with Crippen molar-refractivity contribution >= 4 is 26.3 Å². The van der Waals surface area contributed by atoms with E-state index >= 15 is 0 Å². The van der Waals surface area contributed by atoms with Crippen molar-refractivity contribution in [2.45, 2.75) is 9.74 Å². The van der Waals surface area contributed by atoms with Gasteiger partial charge in [-0.2, -0.15) is 16.8 Å². The lowest BCUT2D eigenvalue weighted by atomic mass is 9.93. The lowest BCUT2D eigenvalue weighted by Gasteiger charge is -2.39. The molecule has 0 aliphatic carbocycles. The van der Waals surface area contributed by atoms with Gasteiger partial charge in [0.25, 0.3) is 20.2 Å². The second-order valence-electron chi connectivity index (χ2n) is 5.62. The highest BCUT2D eigenvalue weighted by atomic mass is 32.2. The van der Waals surface area contributed by atoms with Crippen LogP contribution in [0.5, 0.6) is 0 Å². The summed E-state index contributed by atoms with van der Waals surface area (Å²) in [5, 5.41) is 3.98.